The van der Waals surface area contributed by atoms with Crippen LogP contribution in [0.5, 0.6) is 5.75 Å². The van der Waals surface area contributed by atoms with Crippen molar-refractivity contribution in [2.45, 2.75) is 51.7 Å². The standard InChI is InChI=1S/C20H30N2O5/c1-20(2,3)27-19(25)21-17(18(23)24)15-7-9-16(10-8-15)26-14-13-22-11-5-4-6-12-22/h7-10,17H,4-6,11-14H2,1-3H3,(H,21,25)(H,23,24)/t17-/m1/s1. The number of aliphatic carboxylic acids is 1. The van der Waals surface area contributed by atoms with E-state index in [0.29, 0.717) is 17.9 Å². The highest BCUT2D eigenvalue weighted by Gasteiger charge is 2.25. The quantitative estimate of drug-likeness (QED) is 0.757. The van der Waals surface area contributed by atoms with Gasteiger partial charge in [-0.15, -0.1) is 0 Å². The highest BCUT2D eigenvalue weighted by atomic mass is 16.6. The Labute approximate surface area is 160 Å². The maximum Gasteiger partial charge on any atom is 0.408 e. The van der Waals surface area contributed by atoms with Crippen molar-refractivity contribution in [3.63, 3.8) is 0 Å². The van der Waals surface area contributed by atoms with Crippen LogP contribution in [-0.2, 0) is 9.53 Å². The molecule has 150 valence electrons. The van der Waals surface area contributed by atoms with Crippen LogP contribution in [0.3, 0.4) is 0 Å². The Kier molecular flexibility index (Phi) is 7.47. The highest BCUT2D eigenvalue weighted by molar-refractivity contribution is 5.81. The first-order valence-electron chi connectivity index (χ1n) is 9.42. The van der Waals surface area contributed by atoms with Crippen molar-refractivity contribution in [3.05, 3.63) is 29.8 Å². The first-order valence-corrected chi connectivity index (χ1v) is 9.42. The Bertz CT molecular complexity index is 618. The van der Waals surface area contributed by atoms with E-state index in [-0.39, 0.29) is 0 Å². The van der Waals surface area contributed by atoms with E-state index in [1.54, 1.807) is 45.0 Å². The fourth-order valence-corrected chi connectivity index (χ4v) is 2.95. The minimum Gasteiger partial charge on any atom is -0.492 e. The van der Waals surface area contributed by atoms with Gasteiger partial charge in [0.1, 0.15) is 18.0 Å². The molecule has 0 aromatic heterocycles. The summed E-state index contributed by atoms with van der Waals surface area (Å²) in [6, 6.07) is 5.55. The number of carbonyl (C=O) groups is 2. The summed E-state index contributed by atoms with van der Waals surface area (Å²) >= 11 is 0. The Hall–Kier alpha value is -2.28. The van der Waals surface area contributed by atoms with Gasteiger partial charge < -0.3 is 19.9 Å². The summed E-state index contributed by atoms with van der Waals surface area (Å²) in [6.07, 6.45) is 3.03. The van der Waals surface area contributed by atoms with Crippen molar-refractivity contribution in [1.29, 1.82) is 0 Å². The number of alkyl carbamates (subject to hydrolysis) is 1. The summed E-state index contributed by atoms with van der Waals surface area (Å²) in [5.41, 5.74) is -0.240. The molecule has 0 spiro atoms. The average molecular weight is 378 g/mol. The zero-order valence-electron chi connectivity index (χ0n) is 16.4. The summed E-state index contributed by atoms with van der Waals surface area (Å²) in [4.78, 5) is 25.8. The smallest absolute Gasteiger partial charge is 0.408 e. The number of benzene rings is 1. The molecule has 1 aliphatic rings. The minimum absolute atomic E-state index is 0.455. The topological polar surface area (TPSA) is 88.1 Å². The van der Waals surface area contributed by atoms with Gasteiger partial charge in [0, 0.05) is 6.54 Å². The molecule has 0 aliphatic carbocycles. The molecule has 1 aliphatic heterocycles. The summed E-state index contributed by atoms with van der Waals surface area (Å²) in [5, 5.41) is 11.8. The Morgan fingerprint density at radius 1 is 1.15 bits per heavy atom. The van der Waals surface area contributed by atoms with Crippen LogP contribution in [0.1, 0.15) is 51.6 Å². The zero-order chi connectivity index (χ0) is 19.9. The molecular formula is C20H30N2O5. The van der Waals surface area contributed by atoms with Gasteiger partial charge in [-0.25, -0.2) is 9.59 Å². The number of nitrogens with zero attached hydrogens (tertiary/aromatic N) is 1. The van der Waals surface area contributed by atoms with Crippen molar-refractivity contribution >= 4 is 12.1 Å². The lowest BCUT2D eigenvalue weighted by molar-refractivity contribution is -0.139. The third-order valence-electron chi connectivity index (χ3n) is 4.25. The first-order chi connectivity index (χ1) is 12.7. The third-order valence-corrected chi connectivity index (χ3v) is 4.25. The number of carboxylic acid groups (broad SMARTS) is 1. The molecule has 0 saturated carbocycles. The van der Waals surface area contributed by atoms with Crippen LogP contribution in [0.4, 0.5) is 4.79 Å². The molecule has 0 bridgehead atoms. The number of likely N-dealkylation sites (tertiary alicyclic amines) is 1. The van der Waals surface area contributed by atoms with E-state index in [4.69, 9.17) is 9.47 Å². The van der Waals surface area contributed by atoms with E-state index in [1.807, 2.05) is 0 Å². The number of rotatable bonds is 7. The van der Waals surface area contributed by atoms with Crippen LogP contribution in [0.25, 0.3) is 0 Å². The lowest BCUT2D eigenvalue weighted by Gasteiger charge is -2.26. The van der Waals surface area contributed by atoms with Crippen LogP contribution in [0.2, 0.25) is 0 Å². The number of hydrogen-bond acceptors (Lipinski definition) is 5. The number of ether oxygens (including phenoxy) is 2. The van der Waals surface area contributed by atoms with Crippen LogP contribution in [-0.4, -0.2) is 53.9 Å². The van der Waals surface area contributed by atoms with E-state index in [2.05, 4.69) is 10.2 Å². The average Bonchev–Trinajstić information content (AvgIpc) is 2.60. The number of carbonyl (C=O) groups excluding carboxylic acids is 1. The number of piperidine rings is 1. The number of carboxylic acids is 1. The maximum absolute atomic E-state index is 11.9. The van der Waals surface area contributed by atoms with Crippen LogP contribution < -0.4 is 10.1 Å². The van der Waals surface area contributed by atoms with Gasteiger partial charge in [0.05, 0.1) is 0 Å². The van der Waals surface area contributed by atoms with E-state index in [1.165, 1.54) is 19.3 Å². The molecule has 1 heterocycles. The van der Waals surface area contributed by atoms with Gasteiger partial charge in [-0.05, 0) is 64.4 Å². The predicted molar refractivity (Wildman–Crippen MR) is 102 cm³/mol. The Morgan fingerprint density at radius 2 is 1.78 bits per heavy atom. The Morgan fingerprint density at radius 3 is 2.33 bits per heavy atom. The highest BCUT2D eigenvalue weighted by Crippen LogP contribution is 2.19. The van der Waals surface area contributed by atoms with Gasteiger partial charge in [0.2, 0.25) is 0 Å². The van der Waals surface area contributed by atoms with Gasteiger partial charge >= 0.3 is 12.1 Å². The number of amides is 1. The molecule has 1 fully saturated rings. The molecule has 1 aromatic carbocycles. The van der Waals surface area contributed by atoms with E-state index in [0.717, 1.165) is 19.6 Å². The molecule has 2 N–H and O–H groups in total. The molecule has 1 atom stereocenters. The molecule has 2 rings (SSSR count). The normalized spacial score (nSPS) is 16.4. The summed E-state index contributed by atoms with van der Waals surface area (Å²) < 4.78 is 10.9. The van der Waals surface area contributed by atoms with Gasteiger partial charge in [-0.3, -0.25) is 4.90 Å². The van der Waals surface area contributed by atoms with Gasteiger partial charge in [-0.2, -0.15) is 0 Å². The van der Waals surface area contributed by atoms with Gasteiger partial charge in [0.25, 0.3) is 0 Å². The van der Waals surface area contributed by atoms with E-state index < -0.39 is 23.7 Å². The zero-order valence-corrected chi connectivity index (χ0v) is 16.4. The van der Waals surface area contributed by atoms with Crippen molar-refractivity contribution in [1.82, 2.24) is 10.2 Å². The molecule has 7 nitrogen and oxygen atoms in total. The van der Waals surface area contributed by atoms with E-state index >= 15 is 0 Å². The SMILES string of the molecule is CC(C)(C)OC(=O)N[C@@H](C(=O)O)c1ccc(OCCN2CCCCC2)cc1. The van der Waals surface area contributed by atoms with Crippen molar-refractivity contribution in [2.24, 2.45) is 0 Å². The fourth-order valence-electron chi connectivity index (χ4n) is 2.95. The van der Waals surface area contributed by atoms with Crippen LogP contribution in [0, 0.1) is 0 Å². The molecule has 1 saturated heterocycles. The number of hydrogen-bond donors (Lipinski definition) is 2. The largest absolute Gasteiger partial charge is 0.492 e. The monoisotopic (exact) mass is 378 g/mol. The minimum atomic E-state index is -1.18. The van der Waals surface area contributed by atoms with Crippen molar-refractivity contribution < 1.29 is 24.2 Å². The summed E-state index contributed by atoms with van der Waals surface area (Å²) in [6.45, 7) is 8.89. The lowest BCUT2D eigenvalue weighted by Crippen LogP contribution is -2.38. The second kappa shape index (κ2) is 9.60. The molecule has 0 radical (unpaired) electrons. The fraction of sp³-hybridized carbons (Fsp3) is 0.600. The van der Waals surface area contributed by atoms with Crippen LogP contribution in [0.15, 0.2) is 24.3 Å². The molecule has 1 aromatic rings. The number of nitrogens with one attached hydrogen (secondary N) is 1. The second-order valence-corrected chi connectivity index (χ2v) is 7.74. The van der Waals surface area contributed by atoms with E-state index in [9.17, 15) is 14.7 Å². The predicted octanol–water partition coefficient (Wildman–Crippen LogP) is 3.20. The van der Waals surface area contributed by atoms with Crippen molar-refractivity contribution in [2.75, 3.05) is 26.2 Å². The van der Waals surface area contributed by atoms with Crippen LogP contribution >= 0.6 is 0 Å². The molecule has 7 heteroatoms. The maximum atomic E-state index is 11.9. The molecular weight excluding hydrogens is 348 g/mol. The molecule has 27 heavy (non-hydrogen) atoms. The van der Waals surface area contributed by atoms with Gasteiger partial charge in [-0.1, -0.05) is 18.6 Å². The third kappa shape index (κ3) is 7.46. The van der Waals surface area contributed by atoms with Gasteiger partial charge in [0.15, 0.2) is 6.04 Å². The Balaban J connectivity index is 1.88. The first kappa shape index (κ1) is 21.0. The second-order valence-electron chi connectivity index (χ2n) is 7.74. The summed E-state index contributed by atoms with van der Waals surface area (Å²) in [5.74, 6) is -0.475. The van der Waals surface area contributed by atoms with Crippen molar-refractivity contribution in [3.8, 4) is 5.75 Å². The molecule has 0 unspecified atom stereocenters. The molecule has 1 amide bonds. The lowest BCUT2D eigenvalue weighted by atomic mass is 10.1. The summed E-state index contributed by atoms with van der Waals surface area (Å²) in [7, 11) is 0.